The molecule has 5 heteroatoms. The number of aromatic carboxylic acids is 1. The number of hydrogen-bond donors (Lipinski definition) is 1. The summed E-state index contributed by atoms with van der Waals surface area (Å²) in [5.74, 6) is -0.911. The van der Waals surface area contributed by atoms with Gasteiger partial charge in [-0.1, -0.05) is 18.2 Å². The first kappa shape index (κ1) is 14.6. The Hall–Kier alpha value is -2.82. The molecule has 2 rings (SSSR count). The second-order valence-electron chi connectivity index (χ2n) is 4.31. The summed E-state index contributed by atoms with van der Waals surface area (Å²) in [5.41, 5.74) is 1.51. The zero-order chi connectivity index (χ0) is 15.2. The zero-order valence-corrected chi connectivity index (χ0v) is 11.4. The van der Waals surface area contributed by atoms with E-state index in [1.165, 1.54) is 19.2 Å². The van der Waals surface area contributed by atoms with E-state index >= 15 is 0 Å². The summed E-state index contributed by atoms with van der Waals surface area (Å²) in [6, 6.07) is 13.1. The molecule has 0 saturated carbocycles. The van der Waals surface area contributed by atoms with Gasteiger partial charge in [0.1, 0.15) is 12.4 Å². The van der Waals surface area contributed by atoms with E-state index in [9.17, 15) is 9.59 Å². The Morgan fingerprint density at radius 3 is 2.38 bits per heavy atom. The van der Waals surface area contributed by atoms with E-state index in [1.54, 1.807) is 36.4 Å². The molecule has 0 atom stereocenters. The highest BCUT2D eigenvalue weighted by atomic mass is 16.5. The highest BCUT2D eigenvalue weighted by molar-refractivity contribution is 5.89. The first-order valence-corrected chi connectivity index (χ1v) is 6.23. The summed E-state index contributed by atoms with van der Waals surface area (Å²) in [6.07, 6.45) is 0. The molecular weight excluding hydrogens is 272 g/mol. The molecule has 0 heterocycles. The highest BCUT2D eigenvalue weighted by Gasteiger charge is 2.06. The van der Waals surface area contributed by atoms with Crippen LogP contribution in [0.25, 0.3) is 0 Å². The van der Waals surface area contributed by atoms with Crippen molar-refractivity contribution in [1.29, 1.82) is 0 Å². The Balaban J connectivity index is 2.01. The number of esters is 1. The van der Waals surface area contributed by atoms with E-state index in [0.29, 0.717) is 11.3 Å². The van der Waals surface area contributed by atoms with Gasteiger partial charge in [0.2, 0.25) is 0 Å². The number of rotatable bonds is 5. The lowest BCUT2D eigenvalue weighted by atomic mass is 10.1. The van der Waals surface area contributed by atoms with Crippen molar-refractivity contribution in [2.45, 2.75) is 6.61 Å². The standard InChI is InChI=1S/C16H14O5/c1-20-16(19)12-7-5-11(6-8-12)10-21-14-4-2-3-13(9-14)15(17)18/h2-9H,10H2,1H3,(H,17,18). The average Bonchev–Trinajstić information content (AvgIpc) is 2.53. The molecule has 0 aliphatic rings. The van der Waals surface area contributed by atoms with Crippen LogP contribution in [0.4, 0.5) is 0 Å². The number of carbonyl (C=O) groups excluding carboxylic acids is 1. The Bertz CT molecular complexity index is 646. The Kier molecular flexibility index (Phi) is 4.56. The average molecular weight is 286 g/mol. The summed E-state index contributed by atoms with van der Waals surface area (Å²) in [5, 5.41) is 8.90. The number of methoxy groups -OCH3 is 1. The fraction of sp³-hybridized carbons (Fsp3) is 0.125. The minimum Gasteiger partial charge on any atom is -0.489 e. The predicted octanol–water partition coefficient (Wildman–Crippen LogP) is 2.75. The molecule has 2 aromatic rings. The van der Waals surface area contributed by atoms with Crippen LogP contribution >= 0.6 is 0 Å². The van der Waals surface area contributed by atoms with E-state index in [1.807, 2.05) is 0 Å². The van der Waals surface area contributed by atoms with Gasteiger partial charge in [-0.2, -0.15) is 0 Å². The van der Waals surface area contributed by atoms with E-state index in [4.69, 9.17) is 9.84 Å². The van der Waals surface area contributed by atoms with Crippen LogP contribution in [-0.2, 0) is 11.3 Å². The molecule has 0 aromatic heterocycles. The minimum absolute atomic E-state index is 0.175. The number of carboxylic acid groups (broad SMARTS) is 1. The lowest BCUT2D eigenvalue weighted by Crippen LogP contribution is -2.02. The molecule has 0 radical (unpaired) electrons. The van der Waals surface area contributed by atoms with Crippen LogP contribution in [0.3, 0.4) is 0 Å². The van der Waals surface area contributed by atoms with Crippen LogP contribution in [0.2, 0.25) is 0 Å². The molecule has 0 amide bonds. The molecule has 1 N–H and O–H groups in total. The Labute approximate surface area is 121 Å². The Morgan fingerprint density at radius 2 is 1.76 bits per heavy atom. The number of ether oxygens (including phenoxy) is 2. The van der Waals surface area contributed by atoms with E-state index in [2.05, 4.69) is 4.74 Å². The van der Waals surface area contributed by atoms with Crippen molar-refractivity contribution in [3.05, 3.63) is 65.2 Å². The van der Waals surface area contributed by atoms with Crippen molar-refractivity contribution in [3.63, 3.8) is 0 Å². The van der Waals surface area contributed by atoms with Crippen molar-refractivity contribution in [1.82, 2.24) is 0 Å². The van der Waals surface area contributed by atoms with Crippen molar-refractivity contribution in [2.24, 2.45) is 0 Å². The normalized spacial score (nSPS) is 9.95. The Morgan fingerprint density at radius 1 is 1.05 bits per heavy atom. The van der Waals surface area contributed by atoms with Gasteiger partial charge in [0.15, 0.2) is 0 Å². The number of carbonyl (C=O) groups is 2. The van der Waals surface area contributed by atoms with E-state index < -0.39 is 11.9 Å². The molecule has 108 valence electrons. The molecule has 0 aliphatic heterocycles. The maximum atomic E-state index is 11.3. The summed E-state index contributed by atoms with van der Waals surface area (Å²) in [6.45, 7) is 0.282. The fourth-order valence-corrected chi connectivity index (χ4v) is 1.74. The second kappa shape index (κ2) is 6.56. The van der Waals surface area contributed by atoms with Gasteiger partial charge in [0, 0.05) is 0 Å². The van der Waals surface area contributed by atoms with Crippen LogP contribution < -0.4 is 4.74 Å². The van der Waals surface area contributed by atoms with Crippen molar-refractivity contribution >= 4 is 11.9 Å². The molecule has 0 aliphatic carbocycles. The SMILES string of the molecule is COC(=O)c1ccc(COc2cccc(C(=O)O)c2)cc1. The fourth-order valence-electron chi connectivity index (χ4n) is 1.74. The maximum Gasteiger partial charge on any atom is 0.337 e. The van der Waals surface area contributed by atoms with Gasteiger partial charge in [-0.25, -0.2) is 9.59 Å². The minimum atomic E-state index is -0.997. The van der Waals surface area contributed by atoms with Crippen LogP contribution in [0.5, 0.6) is 5.75 Å². The molecule has 21 heavy (non-hydrogen) atoms. The summed E-state index contributed by atoms with van der Waals surface area (Å²) >= 11 is 0. The van der Waals surface area contributed by atoms with Crippen LogP contribution in [0, 0.1) is 0 Å². The summed E-state index contributed by atoms with van der Waals surface area (Å²) < 4.78 is 10.1. The third-order valence-corrected chi connectivity index (χ3v) is 2.86. The van der Waals surface area contributed by atoms with Gasteiger partial charge in [-0.3, -0.25) is 0 Å². The number of benzene rings is 2. The van der Waals surface area contributed by atoms with Gasteiger partial charge in [-0.05, 0) is 35.9 Å². The van der Waals surface area contributed by atoms with Crippen molar-refractivity contribution in [3.8, 4) is 5.75 Å². The van der Waals surface area contributed by atoms with Gasteiger partial charge in [0.25, 0.3) is 0 Å². The zero-order valence-electron chi connectivity index (χ0n) is 11.4. The van der Waals surface area contributed by atoms with E-state index in [0.717, 1.165) is 5.56 Å². The molecule has 0 unspecified atom stereocenters. The molecule has 5 nitrogen and oxygen atoms in total. The van der Waals surface area contributed by atoms with Gasteiger partial charge < -0.3 is 14.6 Å². The molecule has 2 aromatic carbocycles. The first-order chi connectivity index (χ1) is 10.1. The largest absolute Gasteiger partial charge is 0.489 e. The van der Waals surface area contributed by atoms with Gasteiger partial charge >= 0.3 is 11.9 Å². The van der Waals surface area contributed by atoms with Crippen molar-refractivity contribution < 1.29 is 24.2 Å². The van der Waals surface area contributed by atoms with Gasteiger partial charge in [0.05, 0.1) is 18.2 Å². The molecular formula is C16H14O5. The van der Waals surface area contributed by atoms with Crippen LogP contribution in [0.15, 0.2) is 48.5 Å². The van der Waals surface area contributed by atoms with Gasteiger partial charge in [-0.15, -0.1) is 0 Å². The molecule has 0 spiro atoms. The smallest absolute Gasteiger partial charge is 0.337 e. The van der Waals surface area contributed by atoms with Crippen molar-refractivity contribution in [2.75, 3.05) is 7.11 Å². The number of carboxylic acids is 1. The maximum absolute atomic E-state index is 11.3. The lowest BCUT2D eigenvalue weighted by Gasteiger charge is -2.07. The number of hydrogen-bond acceptors (Lipinski definition) is 4. The molecule has 0 saturated heterocycles. The highest BCUT2D eigenvalue weighted by Crippen LogP contribution is 2.15. The molecule has 0 fully saturated rings. The van der Waals surface area contributed by atoms with Crippen LogP contribution in [0.1, 0.15) is 26.3 Å². The lowest BCUT2D eigenvalue weighted by molar-refractivity contribution is 0.0599. The summed E-state index contributed by atoms with van der Waals surface area (Å²) in [4.78, 5) is 22.2. The third kappa shape index (κ3) is 3.82. The van der Waals surface area contributed by atoms with E-state index in [-0.39, 0.29) is 12.2 Å². The second-order valence-corrected chi connectivity index (χ2v) is 4.31. The monoisotopic (exact) mass is 286 g/mol. The quantitative estimate of drug-likeness (QED) is 0.856. The summed E-state index contributed by atoms with van der Waals surface area (Å²) in [7, 11) is 1.33. The first-order valence-electron chi connectivity index (χ1n) is 6.23. The topological polar surface area (TPSA) is 72.8 Å². The van der Waals surface area contributed by atoms with Crippen LogP contribution in [-0.4, -0.2) is 24.2 Å². The molecule has 0 bridgehead atoms. The predicted molar refractivity (Wildman–Crippen MR) is 75.5 cm³/mol. The third-order valence-electron chi connectivity index (χ3n) is 2.86.